The summed E-state index contributed by atoms with van der Waals surface area (Å²) in [4.78, 5) is 4.36. The zero-order chi connectivity index (χ0) is 18.8. The lowest BCUT2D eigenvalue weighted by molar-refractivity contribution is -0.137. The molecule has 25 heavy (non-hydrogen) atoms. The minimum Gasteiger partial charge on any atom is -0.259 e. The highest BCUT2D eigenvalue weighted by atomic mass is 79.9. The average molecular weight is 435 g/mol. The molecule has 2 N–H and O–H groups in total. The second kappa shape index (κ2) is 7.55. The van der Waals surface area contributed by atoms with Crippen LogP contribution in [0.1, 0.15) is 43.0 Å². The highest BCUT2D eigenvalue weighted by Crippen LogP contribution is 2.38. The van der Waals surface area contributed by atoms with Gasteiger partial charge in [-0.05, 0) is 66.0 Å². The molecule has 0 saturated carbocycles. The van der Waals surface area contributed by atoms with Crippen LogP contribution in [0.15, 0.2) is 47.1 Å². The van der Waals surface area contributed by atoms with Gasteiger partial charge in [-0.1, -0.05) is 12.1 Å². The molecule has 136 valence electrons. The lowest BCUT2D eigenvalue weighted by Crippen LogP contribution is -2.34. The van der Waals surface area contributed by atoms with Gasteiger partial charge >= 0.3 is 6.18 Å². The SMILES string of the molecule is CC(C)(C[C@@H](c1ccc(C(F)(F)F)cc1)c1ncccc1Br)S(N)=O. The van der Waals surface area contributed by atoms with Crippen molar-refractivity contribution < 1.29 is 17.4 Å². The van der Waals surface area contributed by atoms with Gasteiger partial charge in [0.1, 0.15) is 0 Å². The largest absolute Gasteiger partial charge is 0.416 e. The summed E-state index contributed by atoms with van der Waals surface area (Å²) in [6.45, 7) is 3.52. The van der Waals surface area contributed by atoms with Crippen molar-refractivity contribution in [1.82, 2.24) is 4.98 Å². The quantitative estimate of drug-likeness (QED) is 0.735. The zero-order valence-corrected chi connectivity index (χ0v) is 16.1. The van der Waals surface area contributed by atoms with E-state index in [0.717, 1.165) is 16.6 Å². The molecule has 0 aliphatic carbocycles. The Morgan fingerprint density at radius 3 is 2.28 bits per heavy atom. The predicted octanol–water partition coefficient (Wildman–Crippen LogP) is 4.79. The van der Waals surface area contributed by atoms with Gasteiger partial charge in [-0.2, -0.15) is 13.2 Å². The molecule has 0 spiro atoms. The van der Waals surface area contributed by atoms with E-state index in [1.807, 2.05) is 6.07 Å². The number of hydrogen-bond acceptors (Lipinski definition) is 2. The first-order chi connectivity index (χ1) is 11.5. The third-order valence-electron chi connectivity index (χ3n) is 4.00. The Morgan fingerprint density at radius 1 is 1.20 bits per heavy atom. The summed E-state index contributed by atoms with van der Waals surface area (Å²) >= 11 is 3.44. The number of hydrogen-bond donors (Lipinski definition) is 1. The fourth-order valence-electron chi connectivity index (χ4n) is 2.50. The number of nitrogens with zero attached hydrogens (tertiary/aromatic N) is 1. The summed E-state index contributed by atoms with van der Waals surface area (Å²) in [5.74, 6) is -0.347. The van der Waals surface area contributed by atoms with Crippen molar-refractivity contribution in [3.63, 3.8) is 0 Å². The van der Waals surface area contributed by atoms with Crippen LogP contribution in [0.5, 0.6) is 0 Å². The maximum atomic E-state index is 12.8. The number of pyridine rings is 1. The van der Waals surface area contributed by atoms with Crippen LogP contribution in [0.2, 0.25) is 0 Å². The molecule has 1 aromatic carbocycles. The summed E-state index contributed by atoms with van der Waals surface area (Å²) < 4.78 is 50.3. The van der Waals surface area contributed by atoms with E-state index in [0.29, 0.717) is 17.7 Å². The van der Waals surface area contributed by atoms with E-state index in [-0.39, 0.29) is 5.92 Å². The van der Waals surface area contributed by atoms with Crippen molar-refractivity contribution in [3.8, 4) is 0 Å². The molecule has 2 atom stereocenters. The van der Waals surface area contributed by atoms with E-state index in [4.69, 9.17) is 5.14 Å². The van der Waals surface area contributed by atoms with Gasteiger partial charge in [0.25, 0.3) is 0 Å². The first kappa shape index (κ1) is 20.1. The molecule has 0 aliphatic rings. The van der Waals surface area contributed by atoms with Crippen molar-refractivity contribution in [2.24, 2.45) is 5.14 Å². The molecule has 3 nitrogen and oxygen atoms in total. The maximum Gasteiger partial charge on any atom is 0.416 e. The van der Waals surface area contributed by atoms with Crippen LogP contribution >= 0.6 is 15.9 Å². The van der Waals surface area contributed by atoms with Crippen LogP contribution < -0.4 is 5.14 Å². The van der Waals surface area contributed by atoms with Crippen LogP contribution in [-0.2, 0) is 17.2 Å². The molecule has 0 saturated heterocycles. The summed E-state index contributed by atoms with van der Waals surface area (Å²) in [5, 5.41) is 5.59. The Morgan fingerprint density at radius 2 is 1.80 bits per heavy atom. The van der Waals surface area contributed by atoms with E-state index < -0.39 is 27.5 Å². The number of benzene rings is 1. The number of aromatic nitrogens is 1. The highest BCUT2D eigenvalue weighted by molar-refractivity contribution is 9.10. The fourth-order valence-corrected chi connectivity index (χ4v) is 3.37. The highest BCUT2D eigenvalue weighted by Gasteiger charge is 2.33. The standard InChI is InChI=1S/C17H18BrF3N2OS/c1-16(2,25(22)24)10-13(15-14(18)4-3-9-23-15)11-5-7-12(8-6-11)17(19,20)21/h3-9,13H,10,22H2,1-2H3/t13-,25?/m0/s1. The van der Waals surface area contributed by atoms with Crippen LogP contribution in [-0.4, -0.2) is 13.9 Å². The predicted molar refractivity (Wildman–Crippen MR) is 96.2 cm³/mol. The normalized spacial score (nSPS) is 15.0. The first-order valence-electron chi connectivity index (χ1n) is 7.46. The molecule has 1 unspecified atom stereocenters. The first-order valence-corrected chi connectivity index (χ1v) is 9.47. The molecule has 0 bridgehead atoms. The lowest BCUT2D eigenvalue weighted by atomic mass is 9.86. The molecular formula is C17H18BrF3N2OS. The number of halogens is 4. The van der Waals surface area contributed by atoms with Gasteiger partial charge in [-0.3, -0.25) is 10.1 Å². The topological polar surface area (TPSA) is 56.0 Å². The Hall–Kier alpha value is -1.25. The van der Waals surface area contributed by atoms with Crippen molar-refractivity contribution in [2.45, 2.75) is 37.1 Å². The van der Waals surface area contributed by atoms with Crippen molar-refractivity contribution in [3.05, 3.63) is 63.9 Å². The summed E-state index contributed by atoms with van der Waals surface area (Å²) in [6.07, 6.45) is -2.40. The van der Waals surface area contributed by atoms with Gasteiger partial charge in [0.15, 0.2) is 0 Å². The van der Waals surface area contributed by atoms with Crippen LogP contribution in [0, 0.1) is 0 Å². The van der Waals surface area contributed by atoms with Crippen LogP contribution in [0.25, 0.3) is 0 Å². The van der Waals surface area contributed by atoms with Gasteiger partial charge < -0.3 is 0 Å². The molecule has 2 aromatic rings. The molecule has 1 aromatic heterocycles. The van der Waals surface area contributed by atoms with E-state index in [9.17, 15) is 17.4 Å². The second-order valence-electron chi connectivity index (χ2n) is 6.30. The second-order valence-corrected chi connectivity index (χ2v) is 8.86. The Bertz CT molecular complexity index is 763. The van der Waals surface area contributed by atoms with Gasteiger partial charge in [-0.25, -0.2) is 4.21 Å². The van der Waals surface area contributed by atoms with Crippen molar-refractivity contribution in [1.29, 1.82) is 0 Å². The monoisotopic (exact) mass is 434 g/mol. The van der Waals surface area contributed by atoms with Crippen molar-refractivity contribution in [2.75, 3.05) is 0 Å². The molecule has 8 heteroatoms. The maximum absolute atomic E-state index is 12.8. The van der Waals surface area contributed by atoms with Gasteiger partial charge in [0.05, 0.1) is 27.0 Å². The molecule has 0 radical (unpaired) electrons. The summed E-state index contributed by atoms with van der Waals surface area (Å²) in [6, 6.07) is 8.53. The van der Waals surface area contributed by atoms with Gasteiger partial charge in [-0.15, -0.1) is 0 Å². The molecular weight excluding hydrogens is 417 g/mol. The van der Waals surface area contributed by atoms with Gasteiger partial charge in [0, 0.05) is 16.6 Å². The lowest BCUT2D eigenvalue weighted by Gasteiger charge is -2.28. The van der Waals surface area contributed by atoms with Crippen molar-refractivity contribution >= 4 is 26.9 Å². The minimum atomic E-state index is -4.39. The van der Waals surface area contributed by atoms with E-state index >= 15 is 0 Å². The summed E-state index contributed by atoms with van der Waals surface area (Å²) in [5.41, 5.74) is 0.614. The number of nitrogens with two attached hydrogens (primary N) is 1. The molecule has 2 rings (SSSR count). The Kier molecular flexibility index (Phi) is 6.06. The Balaban J connectivity index is 2.48. The van der Waals surface area contributed by atoms with E-state index in [1.54, 1.807) is 26.1 Å². The average Bonchev–Trinajstić information content (AvgIpc) is 2.52. The molecule has 0 aliphatic heterocycles. The van der Waals surface area contributed by atoms with E-state index in [1.165, 1.54) is 12.1 Å². The van der Waals surface area contributed by atoms with Crippen LogP contribution in [0.3, 0.4) is 0 Å². The molecule has 0 amide bonds. The zero-order valence-electron chi connectivity index (χ0n) is 13.7. The molecule has 0 fully saturated rings. The van der Waals surface area contributed by atoms with Crippen LogP contribution in [0.4, 0.5) is 13.2 Å². The molecule has 1 heterocycles. The third-order valence-corrected chi connectivity index (χ3v) is 5.92. The fraction of sp³-hybridized carbons (Fsp3) is 0.353. The number of alkyl halides is 3. The third kappa shape index (κ3) is 4.89. The van der Waals surface area contributed by atoms with Gasteiger partial charge in [0.2, 0.25) is 0 Å². The minimum absolute atomic E-state index is 0.347. The Labute approximate surface area is 155 Å². The smallest absolute Gasteiger partial charge is 0.259 e. The number of rotatable bonds is 5. The summed E-state index contributed by atoms with van der Waals surface area (Å²) in [7, 11) is -1.59. The van der Waals surface area contributed by atoms with E-state index in [2.05, 4.69) is 20.9 Å².